The second kappa shape index (κ2) is 12.9. The number of aromatic nitrogens is 2. The van der Waals surface area contributed by atoms with Gasteiger partial charge in [-0.05, 0) is 105 Å². The number of hydrogen-bond donors (Lipinski definition) is 0. The Morgan fingerprint density at radius 2 is 0.655 bits per heavy atom. The molecule has 11 aromatic carbocycles. The predicted molar refractivity (Wildman–Crippen MR) is 245 cm³/mol. The molecule has 0 radical (unpaired) electrons. The van der Waals surface area contributed by atoms with Crippen LogP contribution in [0.2, 0.25) is 0 Å². The molecule has 0 fully saturated rings. The molecular weight excluding hydrogens is 701 g/mol. The monoisotopic (exact) mass is 734 g/mol. The van der Waals surface area contributed by atoms with E-state index in [1.807, 2.05) is 6.07 Å². The second-order valence-corrected chi connectivity index (χ2v) is 15.2. The first-order valence-electron chi connectivity index (χ1n) is 19.9. The molecule has 2 heteroatoms. The van der Waals surface area contributed by atoms with Crippen molar-refractivity contribution >= 4 is 64.6 Å². The van der Waals surface area contributed by atoms with Crippen molar-refractivity contribution < 1.29 is 0 Å². The van der Waals surface area contributed by atoms with E-state index in [2.05, 4.69) is 200 Å². The van der Waals surface area contributed by atoms with Gasteiger partial charge < -0.3 is 0 Å². The predicted octanol–water partition coefficient (Wildman–Crippen LogP) is 15.2. The van der Waals surface area contributed by atoms with Gasteiger partial charge in [-0.15, -0.1) is 0 Å². The van der Waals surface area contributed by atoms with Crippen molar-refractivity contribution in [3.8, 4) is 56.2 Å². The summed E-state index contributed by atoms with van der Waals surface area (Å²) in [6.45, 7) is 0. The molecule has 2 nitrogen and oxygen atoms in total. The Labute approximate surface area is 335 Å². The Balaban J connectivity index is 1.16. The molecule has 58 heavy (non-hydrogen) atoms. The van der Waals surface area contributed by atoms with E-state index >= 15 is 0 Å². The van der Waals surface area contributed by atoms with E-state index in [-0.39, 0.29) is 0 Å². The second-order valence-electron chi connectivity index (χ2n) is 15.2. The SMILES string of the molecule is c1ccc(-c2nc(-c3ccccc3-c3ccccc3)cc(-c3ccccc3-c3cc4ccc5cccc6c7cccc8ccc9cccc(c(c3)c4c56)c9c87)n2)cc1. The zero-order chi connectivity index (χ0) is 38.2. The topological polar surface area (TPSA) is 25.8 Å². The molecule has 0 atom stereocenters. The van der Waals surface area contributed by atoms with Gasteiger partial charge in [-0.1, -0.05) is 188 Å². The van der Waals surface area contributed by atoms with Gasteiger partial charge in [-0.3, -0.25) is 0 Å². The van der Waals surface area contributed by atoms with Crippen molar-refractivity contribution in [3.05, 3.63) is 206 Å². The molecule has 0 aliphatic rings. The zero-order valence-electron chi connectivity index (χ0n) is 31.5. The van der Waals surface area contributed by atoms with Gasteiger partial charge in [0, 0.05) is 16.7 Å². The lowest BCUT2D eigenvalue weighted by Crippen LogP contribution is -1.98. The van der Waals surface area contributed by atoms with Crippen LogP contribution in [0, 0.1) is 0 Å². The van der Waals surface area contributed by atoms with Crippen LogP contribution in [0.4, 0.5) is 0 Å². The highest BCUT2D eigenvalue weighted by Gasteiger charge is 2.19. The summed E-state index contributed by atoms with van der Waals surface area (Å²) in [7, 11) is 0. The van der Waals surface area contributed by atoms with E-state index in [0.29, 0.717) is 5.82 Å². The molecule has 0 saturated heterocycles. The van der Waals surface area contributed by atoms with Gasteiger partial charge in [-0.25, -0.2) is 9.97 Å². The van der Waals surface area contributed by atoms with Gasteiger partial charge in [0.1, 0.15) is 0 Å². The quantitative estimate of drug-likeness (QED) is 0.165. The molecule has 0 amide bonds. The molecule has 12 rings (SSSR count). The number of hydrogen-bond acceptors (Lipinski definition) is 2. The van der Waals surface area contributed by atoms with Gasteiger partial charge in [0.05, 0.1) is 11.4 Å². The molecule has 0 N–H and O–H groups in total. The van der Waals surface area contributed by atoms with Crippen LogP contribution in [0.15, 0.2) is 206 Å². The van der Waals surface area contributed by atoms with Crippen molar-refractivity contribution in [1.29, 1.82) is 0 Å². The van der Waals surface area contributed by atoms with Crippen LogP contribution >= 0.6 is 0 Å². The molecule has 1 heterocycles. The minimum Gasteiger partial charge on any atom is -0.228 e. The van der Waals surface area contributed by atoms with Crippen molar-refractivity contribution in [3.63, 3.8) is 0 Å². The van der Waals surface area contributed by atoms with Gasteiger partial charge >= 0.3 is 0 Å². The van der Waals surface area contributed by atoms with Crippen molar-refractivity contribution in [2.75, 3.05) is 0 Å². The standard InChI is InChI=1S/C56H34N2/c1-3-14-35(15-4-1)42-21-7-9-23-44(42)50-34-51(58-56(57-50)39-16-5-2-6-17-39)45-24-10-8-22-43(45)41-32-40-31-30-38-19-12-26-47-46-25-11-18-36-28-29-37-20-13-27-48(54(37)52(36)46)49(33-41)55(40)53(38)47/h1-34H. The summed E-state index contributed by atoms with van der Waals surface area (Å²) in [5.74, 6) is 0.699. The van der Waals surface area contributed by atoms with Gasteiger partial charge in [0.25, 0.3) is 0 Å². The highest BCUT2D eigenvalue weighted by Crippen LogP contribution is 2.45. The number of nitrogens with zero attached hydrogens (tertiary/aromatic N) is 2. The van der Waals surface area contributed by atoms with Gasteiger partial charge in [0.15, 0.2) is 5.82 Å². The molecule has 12 aromatic rings. The van der Waals surface area contributed by atoms with Crippen LogP contribution in [0.5, 0.6) is 0 Å². The molecular formula is C56H34N2. The van der Waals surface area contributed by atoms with Crippen molar-refractivity contribution in [2.24, 2.45) is 0 Å². The summed E-state index contributed by atoms with van der Waals surface area (Å²) < 4.78 is 0. The average molecular weight is 735 g/mol. The fourth-order valence-electron chi connectivity index (χ4n) is 9.41. The summed E-state index contributed by atoms with van der Waals surface area (Å²) in [5.41, 5.74) is 9.45. The normalized spacial score (nSPS) is 11.8. The van der Waals surface area contributed by atoms with Crippen LogP contribution < -0.4 is 0 Å². The maximum atomic E-state index is 5.34. The molecule has 0 unspecified atom stereocenters. The van der Waals surface area contributed by atoms with Crippen molar-refractivity contribution in [1.82, 2.24) is 9.97 Å². The summed E-state index contributed by atoms with van der Waals surface area (Å²) in [6, 6.07) is 74.7. The minimum absolute atomic E-state index is 0.699. The average Bonchev–Trinajstić information content (AvgIpc) is 3.30. The third kappa shape index (κ3) is 5.05. The van der Waals surface area contributed by atoms with Crippen LogP contribution in [0.1, 0.15) is 0 Å². The van der Waals surface area contributed by atoms with Crippen molar-refractivity contribution in [2.45, 2.75) is 0 Å². The third-order valence-electron chi connectivity index (χ3n) is 12.0. The number of fused-ring (bicyclic) bond motifs is 2. The highest BCUT2D eigenvalue weighted by molar-refractivity contribution is 6.37. The Bertz CT molecular complexity index is 3550. The molecule has 0 bridgehead atoms. The number of benzene rings is 10. The molecule has 0 aliphatic carbocycles. The van der Waals surface area contributed by atoms with Gasteiger partial charge in [-0.2, -0.15) is 0 Å². The molecule has 0 spiro atoms. The highest BCUT2D eigenvalue weighted by atomic mass is 14.9. The molecule has 1 aromatic heterocycles. The summed E-state index contributed by atoms with van der Waals surface area (Å²) in [4.78, 5) is 10.6. The lowest BCUT2D eigenvalue weighted by Gasteiger charge is -2.18. The Morgan fingerprint density at radius 3 is 1.19 bits per heavy atom. The lowest BCUT2D eigenvalue weighted by molar-refractivity contribution is 1.18. The maximum Gasteiger partial charge on any atom is 0.160 e. The Morgan fingerprint density at radius 1 is 0.241 bits per heavy atom. The van der Waals surface area contributed by atoms with E-state index in [4.69, 9.17) is 9.97 Å². The first kappa shape index (κ1) is 32.6. The van der Waals surface area contributed by atoms with Crippen LogP contribution in [0.25, 0.3) is 121 Å². The molecule has 268 valence electrons. The van der Waals surface area contributed by atoms with Crippen LogP contribution in [-0.4, -0.2) is 9.97 Å². The van der Waals surface area contributed by atoms with E-state index in [1.165, 1.54) is 64.6 Å². The smallest absolute Gasteiger partial charge is 0.160 e. The Hall–Kier alpha value is -7.68. The fraction of sp³-hybridized carbons (Fsp3) is 0. The summed E-state index contributed by atoms with van der Waals surface area (Å²) in [6.07, 6.45) is 0. The Kier molecular flexibility index (Phi) is 7.26. The fourth-order valence-corrected chi connectivity index (χ4v) is 9.41. The first-order valence-corrected chi connectivity index (χ1v) is 19.9. The largest absolute Gasteiger partial charge is 0.228 e. The minimum atomic E-state index is 0.699. The molecule has 0 saturated carbocycles. The van der Waals surface area contributed by atoms with E-state index in [1.54, 1.807) is 0 Å². The van der Waals surface area contributed by atoms with Crippen LogP contribution in [-0.2, 0) is 0 Å². The third-order valence-corrected chi connectivity index (χ3v) is 12.0. The van der Waals surface area contributed by atoms with E-state index < -0.39 is 0 Å². The number of rotatable bonds is 5. The summed E-state index contributed by atoms with van der Waals surface area (Å²) in [5, 5.41) is 15.3. The zero-order valence-corrected chi connectivity index (χ0v) is 31.5. The van der Waals surface area contributed by atoms with Crippen LogP contribution in [0.3, 0.4) is 0 Å². The van der Waals surface area contributed by atoms with E-state index in [9.17, 15) is 0 Å². The molecule has 0 aliphatic heterocycles. The first-order chi connectivity index (χ1) is 28.8. The lowest BCUT2D eigenvalue weighted by atomic mass is 9.86. The van der Waals surface area contributed by atoms with E-state index in [0.717, 1.165) is 50.3 Å². The maximum absolute atomic E-state index is 5.34. The van der Waals surface area contributed by atoms with Gasteiger partial charge in [0.2, 0.25) is 0 Å². The summed E-state index contributed by atoms with van der Waals surface area (Å²) >= 11 is 0.